The zero-order valence-electron chi connectivity index (χ0n) is 12.5. The summed E-state index contributed by atoms with van der Waals surface area (Å²) in [5.41, 5.74) is 3.41. The molecule has 0 spiro atoms. The van der Waals surface area contributed by atoms with Crippen molar-refractivity contribution in [2.24, 2.45) is 0 Å². The Morgan fingerprint density at radius 3 is 2.90 bits per heavy atom. The Labute approximate surface area is 121 Å². The standard InChI is InChI=1S/C16H25N3O/c1-3-4-5-7-18(9-10-20)13-15-12-17-16-11-14(2)6-8-19(15)16/h6,8,11-12,20H,3-5,7,9-10,13H2,1-2H3. The third-order valence-electron chi connectivity index (χ3n) is 3.63. The molecule has 4 nitrogen and oxygen atoms in total. The summed E-state index contributed by atoms with van der Waals surface area (Å²) in [5.74, 6) is 0. The fourth-order valence-corrected chi connectivity index (χ4v) is 2.48. The van der Waals surface area contributed by atoms with Crippen molar-refractivity contribution in [2.45, 2.75) is 39.7 Å². The summed E-state index contributed by atoms with van der Waals surface area (Å²) in [7, 11) is 0. The first-order chi connectivity index (χ1) is 9.74. The minimum Gasteiger partial charge on any atom is -0.395 e. The molecule has 0 saturated carbocycles. The number of nitrogens with zero attached hydrogens (tertiary/aromatic N) is 3. The molecule has 0 aliphatic heterocycles. The lowest BCUT2D eigenvalue weighted by molar-refractivity contribution is 0.186. The Balaban J connectivity index is 2.07. The summed E-state index contributed by atoms with van der Waals surface area (Å²) in [4.78, 5) is 6.77. The van der Waals surface area contributed by atoms with Gasteiger partial charge in [0.2, 0.25) is 0 Å². The molecule has 0 fully saturated rings. The highest BCUT2D eigenvalue weighted by Gasteiger charge is 2.09. The largest absolute Gasteiger partial charge is 0.395 e. The third-order valence-corrected chi connectivity index (χ3v) is 3.63. The van der Waals surface area contributed by atoms with Crippen LogP contribution in [0.25, 0.3) is 5.65 Å². The van der Waals surface area contributed by atoms with Crippen LogP contribution in [0.3, 0.4) is 0 Å². The van der Waals surface area contributed by atoms with Crippen molar-refractivity contribution < 1.29 is 5.11 Å². The number of aliphatic hydroxyl groups excluding tert-OH is 1. The molecule has 0 unspecified atom stereocenters. The Bertz CT molecular complexity index is 536. The Hall–Kier alpha value is -1.39. The van der Waals surface area contributed by atoms with Gasteiger partial charge in [0.15, 0.2) is 0 Å². The number of unbranched alkanes of at least 4 members (excludes halogenated alkanes) is 2. The van der Waals surface area contributed by atoms with Crippen LogP contribution in [0.5, 0.6) is 0 Å². The van der Waals surface area contributed by atoms with E-state index >= 15 is 0 Å². The van der Waals surface area contributed by atoms with E-state index in [1.54, 1.807) is 0 Å². The summed E-state index contributed by atoms with van der Waals surface area (Å²) in [6.45, 7) is 7.10. The minimum absolute atomic E-state index is 0.210. The number of aliphatic hydroxyl groups is 1. The van der Waals surface area contributed by atoms with Gasteiger partial charge in [0.05, 0.1) is 18.5 Å². The van der Waals surface area contributed by atoms with Gasteiger partial charge in [0.25, 0.3) is 0 Å². The molecule has 2 aromatic heterocycles. The Morgan fingerprint density at radius 2 is 2.15 bits per heavy atom. The van der Waals surface area contributed by atoms with E-state index in [0.717, 1.165) is 25.3 Å². The fourth-order valence-electron chi connectivity index (χ4n) is 2.48. The Kier molecular flexibility index (Phi) is 5.56. The van der Waals surface area contributed by atoms with Gasteiger partial charge >= 0.3 is 0 Å². The van der Waals surface area contributed by atoms with Gasteiger partial charge in [-0.2, -0.15) is 0 Å². The first-order valence-electron chi connectivity index (χ1n) is 7.50. The van der Waals surface area contributed by atoms with E-state index in [1.807, 2.05) is 6.20 Å². The average Bonchev–Trinajstić information content (AvgIpc) is 2.81. The number of rotatable bonds is 8. The van der Waals surface area contributed by atoms with Crippen molar-refractivity contribution in [3.63, 3.8) is 0 Å². The fraction of sp³-hybridized carbons (Fsp3) is 0.562. The molecule has 0 radical (unpaired) electrons. The molecule has 0 aromatic carbocycles. The molecular formula is C16H25N3O. The molecule has 0 bridgehead atoms. The van der Waals surface area contributed by atoms with Crippen LogP contribution in [0.15, 0.2) is 24.5 Å². The number of aryl methyl sites for hydroxylation is 1. The molecule has 2 aromatic rings. The smallest absolute Gasteiger partial charge is 0.137 e. The normalized spacial score (nSPS) is 11.6. The highest BCUT2D eigenvalue weighted by Crippen LogP contribution is 2.11. The van der Waals surface area contributed by atoms with Crippen LogP contribution in [0.2, 0.25) is 0 Å². The lowest BCUT2D eigenvalue weighted by Crippen LogP contribution is -2.28. The van der Waals surface area contributed by atoms with Gasteiger partial charge in [0, 0.05) is 19.3 Å². The molecule has 1 N–H and O–H groups in total. The zero-order valence-corrected chi connectivity index (χ0v) is 12.5. The lowest BCUT2D eigenvalue weighted by atomic mass is 10.2. The van der Waals surface area contributed by atoms with E-state index in [2.05, 4.69) is 46.5 Å². The van der Waals surface area contributed by atoms with E-state index in [1.165, 1.54) is 30.5 Å². The molecule has 20 heavy (non-hydrogen) atoms. The molecule has 2 heterocycles. The topological polar surface area (TPSA) is 40.8 Å². The minimum atomic E-state index is 0.210. The third kappa shape index (κ3) is 3.81. The van der Waals surface area contributed by atoms with Gasteiger partial charge in [-0.1, -0.05) is 19.8 Å². The summed E-state index contributed by atoms with van der Waals surface area (Å²) in [5, 5.41) is 9.21. The maximum Gasteiger partial charge on any atom is 0.137 e. The van der Waals surface area contributed by atoms with Crippen molar-refractivity contribution in [2.75, 3.05) is 19.7 Å². The van der Waals surface area contributed by atoms with Crippen LogP contribution < -0.4 is 0 Å². The quantitative estimate of drug-likeness (QED) is 0.753. The Morgan fingerprint density at radius 1 is 1.30 bits per heavy atom. The summed E-state index contributed by atoms with van der Waals surface area (Å²) < 4.78 is 2.14. The molecule has 2 rings (SSSR count). The number of imidazole rings is 1. The van der Waals surface area contributed by atoms with Crippen LogP contribution in [-0.4, -0.2) is 39.1 Å². The molecule has 0 amide bonds. The van der Waals surface area contributed by atoms with Gasteiger partial charge < -0.3 is 9.51 Å². The second-order valence-corrected chi connectivity index (χ2v) is 5.39. The second-order valence-electron chi connectivity index (χ2n) is 5.39. The van der Waals surface area contributed by atoms with Gasteiger partial charge in [-0.3, -0.25) is 4.90 Å². The molecule has 0 aliphatic carbocycles. The van der Waals surface area contributed by atoms with Crippen molar-refractivity contribution in [1.29, 1.82) is 0 Å². The van der Waals surface area contributed by atoms with Crippen molar-refractivity contribution in [3.8, 4) is 0 Å². The van der Waals surface area contributed by atoms with Crippen LogP contribution >= 0.6 is 0 Å². The van der Waals surface area contributed by atoms with E-state index < -0.39 is 0 Å². The lowest BCUT2D eigenvalue weighted by Gasteiger charge is -2.20. The van der Waals surface area contributed by atoms with E-state index in [-0.39, 0.29) is 6.61 Å². The maximum atomic E-state index is 9.21. The first kappa shape index (κ1) is 15.0. The van der Waals surface area contributed by atoms with Crippen LogP contribution in [0, 0.1) is 6.92 Å². The molecule has 0 saturated heterocycles. The van der Waals surface area contributed by atoms with Gasteiger partial charge in [-0.05, 0) is 37.6 Å². The maximum absolute atomic E-state index is 9.21. The SMILES string of the molecule is CCCCCN(CCO)Cc1cnc2cc(C)ccn12. The van der Waals surface area contributed by atoms with Crippen LogP contribution in [-0.2, 0) is 6.54 Å². The van der Waals surface area contributed by atoms with E-state index in [9.17, 15) is 5.11 Å². The van der Waals surface area contributed by atoms with Crippen LogP contribution in [0.1, 0.15) is 37.4 Å². The summed E-state index contributed by atoms with van der Waals surface area (Å²) >= 11 is 0. The molecule has 0 aliphatic rings. The number of hydrogen-bond donors (Lipinski definition) is 1. The zero-order chi connectivity index (χ0) is 14.4. The number of aromatic nitrogens is 2. The average molecular weight is 275 g/mol. The monoisotopic (exact) mass is 275 g/mol. The predicted molar refractivity (Wildman–Crippen MR) is 81.8 cm³/mol. The first-order valence-corrected chi connectivity index (χ1v) is 7.50. The van der Waals surface area contributed by atoms with Crippen LogP contribution in [0.4, 0.5) is 0 Å². The van der Waals surface area contributed by atoms with Crippen molar-refractivity contribution in [1.82, 2.24) is 14.3 Å². The highest BCUT2D eigenvalue weighted by molar-refractivity contribution is 5.42. The molecule has 110 valence electrons. The van der Waals surface area contributed by atoms with Crippen molar-refractivity contribution in [3.05, 3.63) is 35.8 Å². The van der Waals surface area contributed by atoms with Gasteiger partial charge in [-0.15, -0.1) is 0 Å². The summed E-state index contributed by atoms with van der Waals surface area (Å²) in [6.07, 6.45) is 7.68. The number of fused-ring (bicyclic) bond motifs is 1. The number of pyridine rings is 1. The summed E-state index contributed by atoms with van der Waals surface area (Å²) in [6, 6.07) is 4.20. The van der Waals surface area contributed by atoms with Crippen molar-refractivity contribution >= 4 is 5.65 Å². The van der Waals surface area contributed by atoms with E-state index in [0.29, 0.717) is 0 Å². The second kappa shape index (κ2) is 7.41. The number of hydrogen-bond acceptors (Lipinski definition) is 3. The molecular weight excluding hydrogens is 250 g/mol. The van der Waals surface area contributed by atoms with Gasteiger partial charge in [0.1, 0.15) is 5.65 Å². The van der Waals surface area contributed by atoms with E-state index in [4.69, 9.17) is 0 Å². The molecule has 0 atom stereocenters. The predicted octanol–water partition coefficient (Wildman–Crippen LogP) is 2.63. The highest BCUT2D eigenvalue weighted by atomic mass is 16.3. The van der Waals surface area contributed by atoms with Gasteiger partial charge in [-0.25, -0.2) is 4.98 Å². The molecule has 4 heteroatoms.